The molecule has 0 aliphatic heterocycles. The molecule has 0 radical (unpaired) electrons. The van der Waals surface area contributed by atoms with Crippen LogP contribution in [-0.4, -0.2) is 16.2 Å². The van der Waals surface area contributed by atoms with E-state index in [4.69, 9.17) is 23.2 Å². The standard InChI is InChI=1S/C14H9Cl2N3/c15-10-6-5-9(11(16)7-10)8-17-14-18-12-3-1-2-4-13(12)19-14/h1-8H,(H,18,19). The summed E-state index contributed by atoms with van der Waals surface area (Å²) >= 11 is 11.9. The second-order valence-electron chi connectivity index (χ2n) is 4.00. The van der Waals surface area contributed by atoms with Crippen molar-refractivity contribution in [2.24, 2.45) is 4.99 Å². The molecule has 0 aliphatic rings. The Bertz CT molecular complexity index is 729. The number of H-pyrrole nitrogens is 1. The van der Waals surface area contributed by atoms with Gasteiger partial charge in [-0.05, 0) is 24.3 Å². The maximum atomic E-state index is 6.07. The van der Waals surface area contributed by atoms with Crippen molar-refractivity contribution in [2.75, 3.05) is 0 Å². The number of imidazole rings is 1. The third-order valence-corrected chi connectivity index (χ3v) is 3.23. The molecule has 0 unspecified atom stereocenters. The van der Waals surface area contributed by atoms with Crippen molar-refractivity contribution in [1.29, 1.82) is 0 Å². The van der Waals surface area contributed by atoms with E-state index in [1.165, 1.54) is 0 Å². The number of nitrogens with one attached hydrogen (secondary N) is 1. The summed E-state index contributed by atoms with van der Waals surface area (Å²) in [6.07, 6.45) is 1.66. The molecule has 0 saturated heterocycles. The molecule has 0 fully saturated rings. The molecule has 1 N–H and O–H groups in total. The largest absolute Gasteiger partial charge is 0.322 e. The van der Waals surface area contributed by atoms with Crippen LogP contribution in [0.2, 0.25) is 10.0 Å². The second kappa shape index (κ2) is 5.03. The lowest BCUT2D eigenvalue weighted by Gasteiger charge is -1.97. The van der Waals surface area contributed by atoms with Gasteiger partial charge in [0.25, 0.3) is 0 Å². The van der Waals surface area contributed by atoms with Gasteiger partial charge in [0, 0.05) is 16.8 Å². The summed E-state index contributed by atoms with van der Waals surface area (Å²) in [5.41, 5.74) is 2.64. The lowest BCUT2D eigenvalue weighted by Crippen LogP contribution is -1.82. The number of hydrogen-bond acceptors (Lipinski definition) is 2. The summed E-state index contributed by atoms with van der Waals surface area (Å²) in [5.74, 6) is 0.548. The fourth-order valence-electron chi connectivity index (χ4n) is 1.74. The van der Waals surface area contributed by atoms with E-state index in [1.54, 1.807) is 18.3 Å². The van der Waals surface area contributed by atoms with Crippen LogP contribution in [0.15, 0.2) is 47.5 Å². The fraction of sp³-hybridized carbons (Fsp3) is 0. The molecule has 0 saturated carbocycles. The molecule has 19 heavy (non-hydrogen) atoms. The van der Waals surface area contributed by atoms with Gasteiger partial charge in [-0.3, -0.25) is 0 Å². The van der Waals surface area contributed by atoms with Crippen LogP contribution in [0.5, 0.6) is 0 Å². The highest BCUT2D eigenvalue weighted by Gasteiger charge is 2.01. The molecule has 3 rings (SSSR count). The van der Waals surface area contributed by atoms with E-state index < -0.39 is 0 Å². The number of aromatic nitrogens is 2. The quantitative estimate of drug-likeness (QED) is 0.687. The third kappa shape index (κ3) is 2.62. The average Bonchev–Trinajstić information content (AvgIpc) is 2.80. The van der Waals surface area contributed by atoms with Gasteiger partial charge < -0.3 is 4.98 Å². The fourth-order valence-corrected chi connectivity index (χ4v) is 2.19. The molecule has 0 amide bonds. The average molecular weight is 290 g/mol. The highest BCUT2D eigenvalue weighted by molar-refractivity contribution is 6.36. The Morgan fingerprint density at radius 1 is 1.11 bits per heavy atom. The maximum absolute atomic E-state index is 6.07. The molecular formula is C14H9Cl2N3. The minimum absolute atomic E-state index is 0.548. The van der Waals surface area contributed by atoms with Crippen LogP contribution in [0.1, 0.15) is 5.56 Å². The van der Waals surface area contributed by atoms with Gasteiger partial charge in [0.05, 0.1) is 16.1 Å². The molecule has 1 aromatic heterocycles. The number of fused-ring (bicyclic) bond motifs is 1. The second-order valence-corrected chi connectivity index (χ2v) is 4.85. The third-order valence-electron chi connectivity index (χ3n) is 2.67. The number of halogens is 2. The topological polar surface area (TPSA) is 41.0 Å². The molecule has 2 aromatic carbocycles. The molecule has 0 aliphatic carbocycles. The molecule has 5 heteroatoms. The molecule has 1 heterocycles. The van der Waals surface area contributed by atoms with E-state index in [2.05, 4.69) is 15.0 Å². The van der Waals surface area contributed by atoms with Gasteiger partial charge >= 0.3 is 0 Å². The number of hydrogen-bond donors (Lipinski definition) is 1. The van der Waals surface area contributed by atoms with Crippen LogP contribution in [-0.2, 0) is 0 Å². The number of rotatable bonds is 2. The summed E-state index contributed by atoms with van der Waals surface area (Å²) in [6.45, 7) is 0. The van der Waals surface area contributed by atoms with Gasteiger partial charge in [0.15, 0.2) is 0 Å². The maximum Gasteiger partial charge on any atom is 0.227 e. The first-order chi connectivity index (χ1) is 9.22. The first-order valence-corrected chi connectivity index (χ1v) is 6.42. The van der Waals surface area contributed by atoms with Crippen LogP contribution < -0.4 is 0 Å². The minimum Gasteiger partial charge on any atom is -0.322 e. The summed E-state index contributed by atoms with van der Waals surface area (Å²) in [5, 5.41) is 1.17. The lowest BCUT2D eigenvalue weighted by atomic mass is 10.2. The van der Waals surface area contributed by atoms with E-state index in [0.717, 1.165) is 16.6 Å². The molecule has 94 valence electrons. The van der Waals surface area contributed by atoms with Crippen molar-refractivity contribution < 1.29 is 0 Å². The lowest BCUT2D eigenvalue weighted by molar-refractivity contribution is 1.27. The summed E-state index contributed by atoms with van der Waals surface area (Å²) in [4.78, 5) is 11.8. The van der Waals surface area contributed by atoms with Crippen molar-refractivity contribution in [3.05, 3.63) is 58.1 Å². The molecule has 0 spiro atoms. The minimum atomic E-state index is 0.548. The predicted molar refractivity (Wildman–Crippen MR) is 79.8 cm³/mol. The SMILES string of the molecule is Clc1ccc(C=Nc2nc3ccccc3[nH]2)c(Cl)c1. The molecule has 0 bridgehead atoms. The van der Waals surface area contributed by atoms with Crippen molar-refractivity contribution in [3.63, 3.8) is 0 Å². The van der Waals surface area contributed by atoms with Gasteiger partial charge in [0.1, 0.15) is 0 Å². The Balaban J connectivity index is 1.93. The number of nitrogens with zero attached hydrogens (tertiary/aromatic N) is 2. The molecule has 3 aromatic rings. The van der Waals surface area contributed by atoms with Crippen molar-refractivity contribution in [1.82, 2.24) is 9.97 Å². The Labute approximate surface area is 119 Å². The van der Waals surface area contributed by atoms with Crippen LogP contribution in [0.4, 0.5) is 5.95 Å². The smallest absolute Gasteiger partial charge is 0.227 e. The van der Waals surface area contributed by atoms with Crippen LogP contribution in [0.25, 0.3) is 11.0 Å². The Morgan fingerprint density at radius 3 is 2.74 bits per heavy atom. The van der Waals surface area contributed by atoms with Gasteiger partial charge in [-0.2, -0.15) is 0 Å². The first-order valence-electron chi connectivity index (χ1n) is 5.66. The van der Waals surface area contributed by atoms with Crippen molar-refractivity contribution >= 4 is 46.4 Å². The zero-order valence-corrected chi connectivity index (χ0v) is 11.3. The first kappa shape index (κ1) is 12.2. The normalized spacial score (nSPS) is 11.5. The predicted octanol–water partition coefficient (Wildman–Crippen LogP) is 4.62. The highest BCUT2D eigenvalue weighted by atomic mass is 35.5. The summed E-state index contributed by atoms with van der Waals surface area (Å²) in [6, 6.07) is 13.0. The number of benzene rings is 2. The zero-order chi connectivity index (χ0) is 13.2. The monoisotopic (exact) mass is 289 g/mol. The van der Waals surface area contributed by atoms with Gasteiger partial charge in [-0.1, -0.05) is 41.4 Å². The highest BCUT2D eigenvalue weighted by Crippen LogP contribution is 2.20. The van der Waals surface area contributed by atoms with Crippen molar-refractivity contribution in [2.45, 2.75) is 0 Å². The number of para-hydroxylation sites is 2. The van der Waals surface area contributed by atoms with E-state index in [1.807, 2.05) is 30.3 Å². The molecular weight excluding hydrogens is 281 g/mol. The van der Waals surface area contributed by atoms with Gasteiger partial charge in [0.2, 0.25) is 5.95 Å². The van der Waals surface area contributed by atoms with Crippen LogP contribution in [0, 0.1) is 0 Å². The summed E-state index contributed by atoms with van der Waals surface area (Å²) in [7, 11) is 0. The Kier molecular flexibility index (Phi) is 3.23. The van der Waals surface area contributed by atoms with Gasteiger partial charge in [-0.25, -0.2) is 9.98 Å². The van der Waals surface area contributed by atoms with Crippen molar-refractivity contribution in [3.8, 4) is 0 Å². The van der Waals surface area contributed by atoms with E-state index >= 15 is 0 Å². The summed E-state index contributed by atoms with van der Waals surface area (Å²) < 4.78 is 0. The Hall–Kier alpha value is -1.84. The number of aliphatic imine (C=N–C) groups is 1. The van der Waals surface area contributed by atoms with E-state index in [9.17, 15) is 0 Å². The molecule has 3 nitrogen and oxygen atoms in total. The zero-order valence-electron chi connectivity index (χ0n) is 9.77. The van der Waals surface area contributed by atoms with Crippen LogP contribution in [0.3, 0.4) is 0 Å². The van der Waals surface area contributed by atoms with E-state index in [0.29, 0.717) is 16.0 Å². The Morgan fingerprint density at radius 2 is 1.95 bits per heavy atom. The van der Waals surface area contributed by atoms with Crippen LogP contribution >= 0.6 is 23.2 Å². The van der Waals surface area contributed by atoms with E-state index in [-0.39, 0.29) is 0 Å². The number of aromatic amines is 1. The molecule has 0 atom stereocenters. The van der Waals surface area contributed by atoms with Gasteiger partial charge in [-0.15, -0.1) is 0 Å².